The van der Waals surface area contributed by atoms with Crippen molar-refractivity contribution >= 4 is 17.2 Å². The first kappa shape index (κ1) is 13.9. The number of H-pyrrole nitrogens is 1. The molecule has 7 heteroatoms. The van der Waals surface area contributed by atoms with Gasteiger partial charge in [-0.3, -0.25) is 9.59 Å². The molecule has 1 amide bonds. The molecule has 0 radical (unpaired) electrons. The number of amides is 1. The molecule has 2 aromatic rings. The minimum Gasteiger partial charge on any atom is -0.337 e. The van der Waals surface area contributed by atoms with Crippen LogP contribution in [0.2, 0.25) is 0 Å². The van der Waals surface area contributed by atoms with E-state index in [1.165, 1.54) is 17.0 Å². The highest BCUT2D eigenvalue weighted by Crippen LogP contribution is 2.30. The highest BCUT2D eigenvalue weighted by Gasteiger charge is 2.27. The van der Waals surface area contributed by atoms with E-state index in [9.17, 15) is 9.59 Å². The van der Waals surface area contributed by atoms with Gasteiger partial charge in [-0.2, -0.15) is 5.10 Å². The maximum absolute atomic E-state index is 12.4. The van der Waals surface area contributed by atoms with E-state index < -0.39 is 0 Å². The van der Waals surface area contributed by atoms with Crippen LogP contribution in [0.3, 0.4) is 0 Å². The summed E-state index contributed by atoms with van der Waals surface area (Å²) < 4.78 is 0. The van der Waals surface area contributed by atoms with E-state index in [0.29, 0.717) is 12.5 Å². The lowest BCUT2D eigenvalue weighted by atomic mass is 9.98. The molecule has 21 heavy (non-hydrogen) atoms. The predicted molar refractivity (Wildman–Crippen MR) is 79.6 cm³/mol. The van der Waals surface area contributed by atoms with Crippen LogP contribution in [0, 0.1) is 6.92 Å². The Labute approximate surface area is 125 Å². The molecule has 1 saturated heterocycles. The number of hydrogen-bond donors (Lipinski definition) is 1. The summed E-state index contributed by atoms with van der Waals surface area (Å²) >= 11 is 1.69. The molecule has 2 aromatic heterocycles. The van der Waals surface area contributed by atoms with Crippen molar-refractivity contribution in [3.8, 4) is 0 Å². The number of likely N-dealkylation sites (tertiary alicyclic amines) is 1. The zero-order chi connectivity index (χ0) is 14.8. The number of piperidine rings is 1. The van der Waals surface area contributed by atoms with Crippen molar-refractivity contribution in [3.05, 3.63) is 44.3 Å². The summed E-state index contributed by atoms with van der Waals surface area (Å²) in [4.78, 5) is 30.9. The summed E-state index contributed by atoms with van der Waals surface area (Å²) in [7, 11) is 0. The molecular weight excluding hydrogens is 288 g/mol. The van der Waals surface area contributed by atoms with Gasteiger partial charge < -0.3 is 4.90 Å². The van der Waals surface area contributed by atoms with Crippen LogP contribution >= 0.6 is 11.3 Å². The van der Waals surface area contributed by atoms with E-state index in [0.717, 1.165) is 24.4 Å². The highest BCUT2D eigenvalue weighted by molar-refractivity contribution is 7.11. The first-order chi connectivity index (χ1) is 10.1. The molecule has 3 heterocycles. The Hall–Kier alpha value is -2.02. The van der Waals surface area contributed by atoms with Crippen LogP contribution in [0.4, 0.5) is 0 Å². The number of aryl methyl sites for hydroxylation is 1. The Morgan fingerprint density at radius 1 is 1.48 bits per heavy atom. The third-order valence-electron chi connectivity index (χ3n) is 3.60. The molecule has 6 nitrogen and oxygen atoms in total. The van der Waals surface area contributed by atoms with Crippen molar-refractivity contribution in [1.29, 1.82) is 0 Å². The zero-order valence-corrected chi connectivity index (χ0v) is 12.5. The van der Waals surface area contributed by atoms with E-state index in [2.05, 4.69) is 15.2 Å². The Balaban J connectivity index is 1.75. The van der Waals surface area contributed by atoms with Crippen LogP contribution in [0.25, 0.3) is 0 Å². The van der Waals surface area contributed by atoms with E-state index in [1.54, 1.807) is 16.2 Å². The van der Waals surface area contributed by atoms with Crippen LogP contribution in [0.15, 0.2) is 23.1 Å². The molecule has 3 rings (SSSR count). The maximum atomic E-state index is 12.4. The summed E-state index contributed by atoms with van der Waals surface area (Å²) in [5.74, 6) is 0.161. The maximum Gasteiger partial charge on any atom is 0.274 e. The average molecular weight is 304 g/mol. The van der Waals surface area contributed by atoms with Gasteiger partial charge in [0.05, 0.1) is 5.01 Å². The fourth-order valence-electron chi connectivity index (χ4n) is 2.55. The number of nitrogens with one attached hydrogen (secondary N) is 1. The van der Waals surface area contributed by atoms with Crippen LogP contribution in [-0.4, -0.2) is 39.1 Å². The number of hydrogen-bond acceptors (Lipinski definition) is 5. The number of rotatable bonds is 2. The second-order valence-corrected chi connectivity index (χ2v) is 6.47. The highest BCUT2D eigenvalue weighted by atomic mass is 32.1. The molecule has 0 aliphatic carbocycles. The van der Waals surface area contributed by atoms with Gasteiger partial charge in [0.2, 0.25) is 0 Å². The molecule has 1 atom stereocenters. The lowest BCUT2D eigenvalue weighted by Crippen LogP contribution is -2.39. The van der Waals surface area contributed by atoms with Crippen LogP contribution < -0.4 is 5.56 Å². The normalized spacial score (nSPS) is 18.7. The molecule has 1 unspecified atom stereocenters. The SMILES string of the molecule is Cc1cnc(C2CCCN(C(=O)c3ccc(=O)[nH]n3)C2)s1. The van der Waals surface area contributed by atoms with Gasteiger partial charge in [-0.15, -0.1) is 11.3 Å². The summed E-state index contributed by atoms with van der Waals surface area (Å²) in [5.41, 5.74) is -0.0214. The fraction of sp³-hybridized carbons (Fsp3) is 0.429. The average Bonchev–Trinajstić information content (AvgIpc) is 2.94. The molecule has 1 N–H and O–H groups in total. The smallest absolute Gasteiger partial charge is 0.274 e. The van der Waals surface area contributed by atoms with Crippen LogP contribution in [0.5, 0.6) is 0 Å². The third-order valence-corrected chi connectivity index (χ3v) is 4.67. The van der Waals surface area contributed by atoms with E-state index in [4.69, 9.17) is 0 Å². The predicted octanol–water partition coefficient (Wildman–Crippen LogP) is 1.55. The van der Waals surface area contributed by atoms with E-state index in [1.807, 2.05) is 13.1 Å². The van der Waals surface area contributed by atoms with Crippen molar-refractivity contribution in [1.82, 2.24) is 20.1 Å². The van der Waals surface area contributed by atoms with Crippen molar-refractivity contribution in [3.63, 3.8) is 0 Å². The van der Waals surface area contributed by atoms with Gasteiger partial charge in [-0.25, -0.2) is 10.1 Å². The van der Waals surface area contributed by atoms with Gasteiger partial charge in [0.1, 0.15) is 5.69 Å². The van der Waals surface area contributed by atoms with Crippen molar-refractivity contribution < 1.29 is 4.79 Å². The number of carbonyl (C=O) groups is 1. The minimum atomic E-state index is -0.304. The Kier molecular flexibility index (Phi) is 3.83. The quantitative estimate of drug-likeness (QED) is 0.913. The zero-order valence-electron chi connectivity index (χ0n) is 11.7. The van der Waals surface area contributed by atoms with Crippen LogP contribution in [-0.2, 0) is 0 Å². The van der Waals surface area contributed by atoms with E-state index >= 15 is 0 Å². The van der Waals surface area contributed by atoms with Gasteiger partial charge in [0.25, 0.3) is 11.5 Å². The Morgan fingerprint density at radius 3 is 3.00 bits per heavy atom. The topological polar surface area (TPSA) is 79.0 Å². The Morgan fingerprint density at radius 2 is 2.33 bits per heavy atom. The van der Waals surface area contributed by atoms with Crippen molar-refractivity contribution in [2.75, 3.05) is 13.1 Å². The van der Waals surface area contributed by atoms with Gasteiger partial charge >= 0.3 is 0 Å². The number of carbonyl (C=O) groups excluding carboxylic acids is 1. The molecule has 1 aliphatic rings. The van der Waals surface area contributed by atoms with Gasteiger partial charge in [0, 0.05) is 36.1 Å². The molecular formula is C14H16N4O2S. The molecule has 1 fully saturated rings. The largest absolute Gasteiger partial charge is 0.337 e. The first-order valence-corrected chi connectivity index (χ1v) is 7.72. The van der Waals surface area contributed by atoms with Crippen molar-refractivity contribution in [2.24, 2.45) is 0 Å². The lowest BCUT2D eigenvalue weighted by Gasteiger charge is -2.31. The standard InChI is InChI=1S/C14H16N4O2S/c1-9-7-15-13(21-9)10-3-2-6-18(8-10)14(20)11-4-5-12(19)17-16-11/h4-5,7,10H,2-3,6,8H2,1H3,(H,17,19). The third kappa shape index (κ3) is 3.02. The summed E-state index contributed by atoms with van der Waals surface area (Å²) in [6, 6.07) is 2.80. The molecule has 1 aliphatic heterocycles. The summed E-state index contributed by atoms with van der Waals surface area (Å²) in [5, 5.41) is 7.21. The lowest BCUT2D eigenvalue weighted by molar-refractivity contribution is 0.0699. The summed E-state index contributed by atoms with van der Waals surface area (Å²) in [6.07, 6.45) is 3.89. The molecule has 0 bridgehead atoms. The summed E-state index contributed by atoms with van der Waals surface area (Å²) in [6.45, 7) is 3.42. The second-order valence-electron chi connectivity index (χ2n) is 5.21. The Bertz CT molecular complexity index is 688. The number of aromatic amines is 1. The molecule has 110 valence electrons. The van der Waals surface area contributed by atoms with Gasteiger partial charge in [-0.1, -0.05) is 0 Å². The monoisotopic (exact) mass is 304 g/mol. The molecule has 0 aromatic carbocycles. The van der Waals surface area contributed by atoms with Crippen molar-refractivity contribution in [2.45, 2.75) is 25.7 Å². The molecule has 0 saturated carbocycles. The molecule has 0 spiro atoms. The van der Waals surface area contributed by atoms with Gasteiger partial charge in [-0.05, 0) is 25.8 Å². The fourth-order valence-corrected chi connectivity index (χ4v) is 3.45. The minimum absolute atomic E-state index is 0.135. The van der Waals surface area contributed by atoms with Gasteiger partial charge in [0.15, 0.2) is 0 Å². The number of aromatic nitrogens is 3. The first-order valence-electron chi connectivity index (χ1n) is 6.91. The number of nitrogens with zero attached hydrogens (tertiary/aromatic N) is 3. The number of thiazole rings is 1. The van der Waals surface area contributed by atoms with E-state index in [-0.39, 0.29) is 17.2 Å². The van der Waals surface area contributed by atoms with Crippen LogP contribution in [0.1, 0.15) is 39.1 Å². The second kappa shape index (κ2) is 5.77.